The van der Waals surface area contributed by atoms with Crippen LogP contribution in [0.5, 0.6) is 0 Å². The van der Waals surface area contributed by atoms with Gasteiger partial charge < -0.3 is 5.11 Å². The second kappa shape index (κ2) is 4.10. The van der Waals surface area contributed by atoms with Crippen LogP contribution >= 0.6 is 11.6 Å². The predicted octanol–water partition coefficient (Wildman–Crippen LogP) is 1.15. The van der Waals surface area contributed by atoms with Gasteiger partial charge in [0.2, 0.25) is 0 Å². The van der Waals surface area contributed by atoms with Crippen molar-refractivity contribution >= 4 is 11.6 Å². The van der Waals surface area contributed by atoms with Gasteiger partial charge in [-0.25, -0.2) is 4.39 Å². The maximum Gasteiger partial charge on any atom is 0.116 e. The molecule has 0 aliphatic rings. The summed E-state index contributed by atoms with van der Waals surface area (Å²) >= 11 is 5.08. The van der Waals surface area contributed by atoms with E-state index in [1.807, 2.05) is 0 Å². The summed E-state index contributed by atoms with van der Waals surface area (Å²) in [6, 6.07) is 0. The van der Waals surface area contributed by atoms with E-state index in [-0.39, 0.29) is 12.3 Å². The highest BCUT2D eigenvalue weighted by molar-refractivity contribution is 6.18. The topological polar surface area (TPSA) is 20.2 Å². The van der Waals surface area contributed by atoms with Gasteiger partial charge in [0.05, 0.1) is 12.0 Å². The fourth-order valence-corrected chi connectivity index (χ4v) is 0.484. The summed E-state index contributed by atoms with van der Waals surface area (Å²) in [7, 11) is 0. The molecule has 49 valence electrons. The Morgan fingerprint density at radius 3 is 2.38 bits per heavy atom. The molecule has 2 unspecified atom stereocenters. The number of aliphatic hydroxyl groups excluding tert-OH is 1. The zero-order chi connectivity index (χ0) is 6.57. The Hall–Kier alpha value is 0.180. The average molecular weight is 140 g/mol. The molecule has 0 spiro atoms. The van der Waals surface area contributed by atoms with Crippen LogP contribution in [0.4, 0.5) is 4.39 Å². The van der Waals surface area contributed by atoms with Crippen LogP contribution < -0.4 is 0 Å². The van der Waals surface area contributed by atoms with Crippen LogP contribution in [0.2, 0.25) is 0 Å². The van der Waals surface area contributed by atoms with E-state index < -0.39 is 12.3 Å². The zero-order valence-electron chi connectivity index (χ0n) is 4.48. The Kier molecular flexibility index (Phi) is 4.19. The molecule has 1 N–H and O–H groups in total. The van der Waals surface area contributed by atoms with Crippen LogP contribution in [0.25, 0.3) is 0 Å². The third kappa shape index (κ3) is 4.34. The first kappa shape index (κ1) is 8.18. The molecule has 0 heterocycles. The minimum atomic E-state index is -1.12. The largest absolute Gasteiger partial charge is 0.393 e. The Bertz CT molecular complexity index is 58.4. The van der Waals surface area contributed by atoms with E-state index in [9.17, 15) is 4.39 Å². The molecule has 0 rings (SSSR count). The number of hydrogen-bond acceptors (Lipinski definition) is 1. The first-order valence-electron chi connectivity index (χ1n) is 2.38. The van der Waals surface area contributed by atoms with Crippen molar-refractivity contribution in [2.24, 2.45) is 0 Å². The molecule has 0 aromatic rings. The molecule has 0 aliphatic heterocycles. The van der Waals surface area contributed by atoms with Gasteiger partial charge in [-0.05, 0) is 6.92 Å². The molecule has 2 atom stereocenters. The second-order valence-electron chi connectivity index (χ2n) is 1.64. The molecular formula is C5H9ClFO. The second-order valence-corrected chi connectivity index (χ2v) is 1.95. The van der Waals surface area contributed by atoms with Gasteiger partial charge in [-0.2, -0.15) is 0 Å². The molecule has 0 aliphatic carbocycles. The molecule has 8 heavy (non-hydrogen) atoms. The van der Waals surface area contributed by atoms with Gasteiger partial charge in [-0.15, -0.1) is 11.6 Å². The first-order valence-corrected chi connectivity index (χ1v) is 2.91. The van der Waals surface area contributed by atoms with E-state index in [2.05, 4.69) is 6.92 Å². The zero-order valence-corrected chi connectivity index (χ0v) is 5.24. The molecular weight excluding hydrogens is 131 g/mol. The fourth-order valence-electron chi connectivity index (χ4n) is 0.358. The monoisotopic (exact) mass is 139 g/mol. The van der Waals surface area contributed by atoms with Crippen molar-refractivity contribution in [3.63, 3.8) is 0 Å². The number of halogens is 2. The Morgan fingerprint density at radius 2 is 2.25 bits per heavy atom. The quantitative estimate of drug-likeness (QED) is 0.582. The van der Waals surface area contributed by atoms with Crippen molar-refractivity contribution in [3.8, 4) is 0 Å². The standard InChI is InChI=1S/C5H9ClFO/c1-4(8)2-5(7)3-6/h4-5,8H,1-3H2. The Morgan fingerprint density at radius 1 is 1.75 bits per heavy atom. The number of rotatable bonds is 3. The molecule has 0 amide bonds. The van der Waals surface area contributed by atoms with E-state index in [1.165, 1.54) is 0 Å². The maximum absolute atomic E-state index is 12.1. The van der Waals surface area contributed by atoms with E-state index in [0.29, 0.717) is 0 Å². The van der Waals surface area contributed by atoms with Crippen LogP contribution in [0.1, 0.15) is 6.42 Å². The molecule has 0 saturated heterocycles. The third-order valence-electron chi connectivity index (χ3n) is 0.695. The lowest BCUT2D eigenvalue weighted by molar-refractivity contribution is 0.170. The van der Waals surface area contributed by atoms with Crippen LogP contribution in [-0.4, -0.2) is 23.3 Å². The highest BCUT2D eigenvalue weighted by Gasteiger charge is 2.06. The third-order valence-corrected chi connectivity index (χ3v) is 1.03. The predicted molar refractivity (Wildman–Crippen MR) is 31.6 cm³/mol. The van der Waals surface area contributed by atoms with Gasteiger partial charge in [-0.1, -0.05) is 0 Å². The summed E-state index contributed by atoms with van der Waals surface area (Å²) in [6.07, 6.45) is -1.92. The van der Waals surface area contributed by atoms with Crippen molar-refractivity contribution in [1.29, 1.82) is 0 Å². The first-order chi connectivity index (χ1) is 3.66. The summed E-state index contributed by atoms with van der Waals surface area (Å²) in [5, 5.41) is 8.44. The van der Waals surface area contributed by atoms with Gasteiger partial charge in [0.1, 0.15) is 6.17 Å². The lowest BCUT2D eigenvalue weighted by atomic mass is 10.2. The fraction of sp³-hybridized carbons (Fsp3) is 0.800. The SMILES string of the molecule is [CH2]C(O)CC(F)CCl. The molecule has 0 aromatic carbocycles. The lowest BCUT2D eigenvalue weighted by Crippen LogP contribution is -2.11. The maximum atomic E-state index is 12.1. The van der Waals surface area contributed by atoms with Crippen molar-refractivity contribution < 1.29 is 9.50 Å². The van der Waals surface area contributed by atoms with Crippen molar-refractivity contribution in [2.75, 3.05) is 5.88 Å². The highest BCUT2D eigenvalue weighted by Crippen LogP contribution is 2.02. The van der Waals surface area contributed by atoms with E-state index in [4.69, 9.17) is 16.7 Å². The molecule has 3 heteroatoms. The van der Waals surface area contributed by atoms with Crippen molar-refractivity contribution in [3.05, 3.63) is 6.92 Å². The lowest BCUT2D eigenvalue weighted by Gasteiger charge is -2.04. The van der Waals surface area contributed by atoms with Crippen LogP contribution in [0, 0.1) is 6.92 Å². The van der Waals surface area contributed by atoms with Crippen LogP contribution in [0.15, 0.2) is 0 Å². The van der Waals surface area contributed by atoms with Crippen molar-refractivity contribution in [2.45, 2.75) is 18.7 Å². The summed E-state index contributed by atoms with van der Waals surface area (Å²) in [5.74, 6) is -0.0629. The van der Waals surface area contributed by atoms with Crippen LogP contribution in [0.3, 0.4) is 0 Å². The smallest absolute Gasteiger partial charge is 0.116 e. The Balaban J connectivity index is 3.10. The number of alkyl halides is 2. The molecule has 0 fully saturated rings. The molecule has 0 aromatic heterocycles. The molecule has 1 nitrogen and oxygen atoms in total. The minimum absolute atomic E-state index is 0.0313. The van der Waals surface area contributed by atoms with Gasteiger partial charge in [0.25, 0.3) is 0 Å². The molecule has 0 saturated carbocycles. The van der Waals surface area contributed by atoms with E-state index in [0.717, 1.165) is 0 Å². The van der Waals surface area contributed by atoms with E-state index in [1.54, 1.807) is 0 Å². The summed E-state index contributed by atoms with van der Waals surface area (Å²) in [5.41, 5.74) is 0. The Labute approximate surface area is 53.5 Å². The average Bonchev–Trinajstić information content (AvgIpc) is 1.65. The van der Waals surface area contributed by atoms with E-state index >= 15 is 0 Å². The molecule has 0 bridgehead atoms. The minimum Gasteiger partial charge on any atom is -0.393 e. The number of hydrogen-bond donors (Lipinski definition) is 1. The van der Waals surface area contributed by atoms with Gasteiger partial charge in [-0.3, -0.25) is 0 Å². The van der Waals surface area contributed by atoms with Crippen LogP contribution in [-0.2, 0) is 0 Å². The normalized spacial score (nSPS) is 18.0. The van der Waals surface area contributed by atoms with Crippen molar-refractivity contribution in [1.82, 2.24) is 0 Å². The van der Waals surface area contributed by atoms with Gasteiger partial charge in [0.15, 0.2) is 0 Å². The van der Waals surface area contributed by atoms with Gasteiger partial charge in [0, 0.05) is 6.42 Å². The summed E-state index contributed by atoms with van der Waals surface area (Å²) in [6.45, 7) is 3.18. The number of aliphatic hydroxyl groups is 1. The molecule has 1 radical (unpaired) electrons. The highest BCUT2D eigenvalue weighted by atomic mass is 35.5. The van der Waals surface area contributed by atoms with Gasteiger partial charge >= 0.3 is 0 Å². The summed E-state index contributed by atoms with van der Waals surface area (Å²) in [4.78, 5) is 0. The summed E-state index contributed by atoms with van der Waals surface area (Å²) < 4.78 is 12.1.